The van der Waals surface area contributed by atoms with E-state index in [9.17, 15) is 9.59 Å². The van der Waals surface area contributed by atoms with Crippen molar-refractivity contribution < 1.29 is 19.1 Å². The van der Waals surface area contributed by atoms with E-state index in [1.165, 1.54) is 26.4 Å². The molecule has 0 saturated heterocycles. The Kier molecular flexibility index (Phi) is 6.93. The Morgan fingerprint density at radius 2 is 1.59 bits per heavy atom. The zero-order chi connectivity index (χ0) is 20.1. The molecule has 0 aliphatic carbocycles. The van der Waals surface area contributed by atoms with Crippen molar-refractivity contribution in [1.29, 1.82) is 0 Å². The highest BCUT2D eigenvalue weighted by Crippen LogP contribution is 2.34. The van der Waals surface area contributed by atoms with Crippen LogP contribution < -0.4 is 20.1 Å². The van der Waals surface area contributed by atoms with Crippen LogP contribution >= 0.6 is 23.2 Å². The van der Waals surface area contributed by atoms with Crippen molar-refractivity contribution in [1.82, 2.24) is 0 Å². The highest BCUT2D eigenvalue weighted by molar-refractivity contribution is 6.37. The molecule has 0 spiro atoms. The fraction of sp³-hybridized carbons (Fsp3) is 0.263. The van der Waals surface area contributed by atoms with E-state index >= 15 is 0 Å². The van der Waals surface area contributed by atoms with Gasteiger partial charge in [-0.25, -0.2) is 0 Å². The standard InChI is InChI=1S/C19H20Cl2N2O4/c1-10(2)18(24)23-15-6-5-12(9-16(15)26-3)22-19(25)11-7-13(20)17(27-4)14(21)8-11/h5-10H,1-4H3,(H,22,25)(H,23,24). The van der Waals surface area contributed by atoms with Crippen molar-refractivity contribution in [3.05, 3.63) is 45.9 Å². The van der Waals surface area contributed by atoms with Gasteiger partial charge in [0.2, 0.25) is 5.91 Å². The Morgan fingerprint density at radius 1 is 0.963 bits per heavy atom. The monoisotopic (exact) mass is 410 g/mol. The summed E-state index contributed by atoms with van der Waals surface area (Å²) in [6.07, 6.45) is 0. The van der Waals surface area contributed by atoms with E-state index in [-0.39, 0.29) is 27.4 Å². The maximum absolute atomic E-state index is 12.5. The number of hydrogen-bond acceptors (Lipinski definition) is 4. The average molecular weight is 411 g/mol. The number of amides is 2. The lowest BCUT2D eigenvalue weighted by Crippen LogP contribution is -2.18. The van der Waals surface area contributed by atoms with Gasteiger partial charge in [0.25, 0.3) is 5.91 Å². The first-order valence-electron chi connectivity index (χ1n) is 8.10. The van der Waals surface area contributed by atoms with Crippen LogP contribution in [0.25, 0.3) is 0 Å². The van der Waals surface area contributed by atoms with Crippen molar-refractivity contribution in [2.24, 2.45) is 5.92 Å². The molecule has 2 N–H and O–H groups in total. The van der Waals surface area contributed by atoms with Gasteiger partial charge in [-0.2, -0.15) is 0 Å². The van der Waals surface area contributed by atoms with Crippen LogP contribution in [0.3, 0.4) is 0 Å². The van der Waals surface area contributed by atoms with E-state index in [1.807, 2.05) is 0 Å². The lowest BCUT2D eigenvalue weighted by molar-refractivity contribution is -0.118. The van der Waals surface area contributed by atoms with Crippen molar-refractivity contribution in [3.8, 4) is 11.5 Å². The van der Waals surface area contributed by atoms with Crippen molar-refractivity contribution in [3.63, 3.8) is 0 Å². The molecule has 0 radical (unpaired) electrons. The first kappa shape index (κ1) is 20.9. The van der Waals surface area contributed by atoms with Crippen molar-refractivity contribution >= 4 is 46.4 Å². The van der Waals surface area contributed by atoms with Gasteiger partial charge in [0.1, 0.15) is 5.75 Å². The van der Waals surface area contributed by atoms with Gasteiger partial charge in [0.05, 0.1) is 30.0 Å². The molecule has 0 bridgehead atoms. The van der Waals surface area contributed by atoms with E-state index in [2.05, 4.69) is 10.6 Å². The molecule has 0 saturated carbocycles. The van der Waals surface area contributed by atoms with Crippen LogP contribution in [0.15, 0.2) is 30.3 Å². The average Bonchev–Trinajstić information content (AvgIpc) is 2.62. The predicted octanol–water partition coefficient (Wildman–Crippen LogP) is 4.86. The van der Waals surface area contributed by atoms with E-state index in [4.69, 9.17) is 32.7 Å². The molecule has 0 fully saturated rings. The lowest BCUT2D eigenvalue weighted by Gasteiger charge is -2.14. The molecular formula is C19H20Cl2N2O4. The fourth-order valence-corrected chi connectivity index (χ4v) is 2.88. The topological polar surface area (TPSA) is 76.7 Å². The lowest BCUT2D eigenvalue weighted by atomic mass is 10.1. The maximum atomic E-state index is 12.5. The van der Waals surface area contributed by atoms with Gasteiger partial charge in [-0.15, -0.1) is 0 Å². The Labute approximate surface area is 167 Å². The van der Waals surface area contributed by atoms with Gasteiger partial charge in [-0.05, 0) is 24.3 Å². The molecule has 0 heterocycles. The number of rotatable bonds is 6. The number of nitrogens with one attached hydrogen (secondary N) is 2. The molecule has 0 aliphatic heterocycles. The number of methoxy groups -OCH3 is 2. The fourth-order valence-electron chi connectivity index (χ4n) is 2.24. The number of carbonyl (C=O) groups is 2. The number of hydrogen-bond donors (Lipinski definition) is 2. The second kappa shape index (κ2) is 8.97. The second-order valence-corrected chi connectivity index (χ2v) is 6.80. The van der Waals surface area contributed by atoms with E-state index in [0.717, 1.165) is 0 Å². The van der Waals surface area contributed by atoms with E-state index in [0.29, 0.717) is 22.9 Å². The van der Waals surface area contributed by atoms with Gasteiger partial charge in [0, 0.05) is 23.2 Å². The van der Waals surface area contributed by atoms with Crippen molar-refractivity contribution in [2.75, 3.05) is 24.9 Å². The molecule has 0 aliphatic rings. The molecule has 144 valence electrons. The largest absolute Gasteiger partial charge is 0.494 e. The summed E-state index contributed by atoms with van der Waals surface area (Å²) in [5, 5.41) is 5.98. The van der Waals surface area contributed by atoms with E-state index < -0.39 is 5.91 Å². The summed E-state index contributed by atoms with van der Waals surface area (Å²) in [6.45, 7) is 3.59. The number of carbonyl (C=O) groups excluding carboxylic acids is 2. The smallest absolute Gasteiger partial charge is 0.255 e. The number of benzene rings is 2. The summed E-state index contributed by atoms with van der Waals surface area (Å²) in [7, 11) is 2.92. The maximum Gasteiger partial charge on any atom is 0.255 e. The number of halogens is 2. The van der Waals surface area contributed by atoms with Crippen LogP contribution in [-0.2, 0) is 4.79 Å². The quantitative estimate of drug-likeness (QED) is 0.712. The minimum Gasteiger partial charge on any atom is -0.494 e. The highest BCUT2D eigenvalue weighted by atomic mass is 35.5. The molecular weight excluding hydrogens is 391 g/mol. The summed E-state index contributed by atoms with van der Waals surface area (Å²) in [6, 6.07) is 7.86. The van der Waals surface area contributed by atoms with Gasteiger partial charge in [-0.3, -0.25) is 9.59 Å². The summed E-state index contributed by atoms with van der Waals surface area (Å²) >= 11 is 12.1. The molecule has 2 aromatic rings. The summed E-state index contributed by atoms with van der Waals surface area (Å²) in [5.74, 6) is 0.0307. The second-order valence-electron chi connectivity index (χ2n) is 5.99. The molecule has 0 atom stereocenters. The highest BCUT2D eigenvalue weighted by Gasteiger charge is 2.15. The van der Waals surface area contributed by atoms with Gasteiger partial charge in [-0.1, -0.05) is 37.0 Å². The Morgan fingerprint density at radius 3 is 2.11 bits per heavy atom. The van der Waals surface area contributed by atoms with Crippen LogP contribution in [0.1, 0.15) is 24.2 Å². The van der Waals surface area contributed by atoms with Crippen LogP contribution in [0.5, 0.6) is 11.5 Å². The molecule has 6 nitrogen and oxygen atoms in total. The zero-order valence-electron chi connectivity index (χ0n) is 15.4. The van der Waals surface area contributed by atoms with Gasteiger partial charge >= 0.3 is 0 Å². The molecule has 2 amide bonds. The molecule has 2 rings (SSSR count). The zero-order valence-corrected chi connectivity index (χ0v) is 16.9. The summed E-state index contributed by atoms with van der Waals surface area (Å²) < 4.78 is 10.4. The Hall–Kier alpha value is -2.44. The predicted molar refractivity (Wildman–Crippen MR) is 107 cm³/mol. The number of anilines is 2. The number of ether oxygens (including phenoxy) is 2. The van der Waals surface area contributed by atoms with Gasteiger partial charge < -0.3 is 20.1 Å². The van der Waals surface area contributed by atoms with Crippen molar-refractivity contribution in [2.45, 2.75) is 13.8 Å². The normalized spacial score (nSPS) is 10.5. The summed E-state index contributed by atoms with van der Waals surface area (Å²) in [4.78, 5) is 24.4. The molecule has 8 heteroatoms. The molecule has 0 unspecified atom stereocenters. The molecule has 2 aromatic carbocycles. The third kappa shape index (κ3) is 5.05. The first-order chi connectivity index (χ1) is 12.8. The SMILES string of the molecule is COc1cc(NC(=O)c2cc(Cl)c(OC)c(Cl)c2)ccc1NC(=O)C(C)C. The minimum absolute atomic E-state index is 0.132. The third-order valence-electron chi connectivity index (χ3n) is 3.71. The van der Waals surface area contributed by atoms with Gasteiger partial charge in [0.15, 0.2) is 5.75 Å². The third-order valence-corrected chi connectivity index (χ3v) is 4.27. The molecule has 27 heavy (non-hydrogen) atoms. The van der Waals surface area contributed by atoms with Crippen LogP contribution in [-0.4, -0.2) is 26.0 Å². The van der Waals surface area contributed by atoms with Crippen LogP contribution in [0, 0.1) is 5.92 Å². The molecule has 0 aromatic heterocycles. The Balaban J connectivity index is 2.22. The first-order valence-corrected chi connectivity index (χ1v) is 8.85. The Bertz CT molecular complexity index is 846. The van der Waals surface area contributed by atoms with E-state index in [1.54, 1.807) is 32.0 Å². The van der Waals surface area contributed by atoms with Crippen LogP contribution in [0.2, 0.25) is 10.0 Å². The van der Waals surface area contributed by atoms with Crippen LogP contribution in [0.4, 0.5) is 11.4 Å². The minimum atomic E-state index is -0.400. The summed E-state index contributed by atoms with van der Waals surface area (Å²) in [5.41, 5.74) is 1.29.